The molecule has 0 radical (unpaired) electrons. The number of nitrogens with one attached hydrogen (secondary N) is 1. The highest BCUT2D eigenvalue weighted by Gasteiger charge is 2.27. The van der Waals surface area contributed by atoms with Gasteiger partial charge in [-0.1, -0.05) is 6.92 Å². The van der Waals surface area contributed by atoms with E-state index in [1.807, 2.05) is 13.8 Å². The van der Waals surface area contributed by atoms with Gasteiger partial charge in [-0.15, -0.1) is 0 Å². The van der Waals surface area contributed by atoms with Gasteiger partial charge in [-0.3, -0.25) is 0 Å². The molecule has 1 aliphatic rings. The summed E-state index contributed by atoms with van der Waals surface area (Å²) in [5, 5.41) is 7.87. The lowest BCUT2D eigenvalue weighted by molar-refractivity contribution is 0.452. The number of benzene rings is 1. The van der Waals surface area contributed by atoms with Crippen LogP contribution < -0.4 is 5.32 Å². The summed E-state index contributed by atoms with van der Waals surface area (Å²) in [5.74, 6) is 0.123. The van der Waals surface area contributed by atoms with E-state index in [4.69, 9.17) is 0 Å². The van der Waals surface area contributed by atoms with E-state index >= 15 is 0 Å². The SMILES string of the molecule is CCc1nn2c(c1C)NCCC2c1cc(F)ccc1F. The second-order valence-electron chi connectivity index (χ2n) is 5.12. The summed E-state index contributed by atoms with van der Waals surface area (Å²) < 4.78 is 29.2. The molecule has 0 amide bonds. The van der Waals surface area contributed by atoms with Crippen LogP contribution in [0.25, 0.3) is 0 Å². The number of nitrogens with zero attached hydrogens (tertiary/aromatic N) is 2. The second kappa shape index (κ2) is 4.89. The maximum Gasteiger partial charge on any atom is 0.128 e. The fraction of sp³-hybridized carbons (Fsp3) is 0.400. The Hall–Kier alpha value is -1.91. The first-order valence-electron chi connectivity index (χ1n) is 6.88. The van der Waals surface area contributed by atoms with E-state index in [1.54, 1.807) is 4.68 Å². The monoisotopic (exact) mass is 277 g/mol. The average molecular weight is 277 g/mol. The Labute approximate surface area is 116 Å². The van der Waals surface area contributed by atoms with Crippen molar-refractivity contribution in [1.82, 2.24) is 9.78 Å². The van der Waals surface area contributed by atoms with Crippen molar-refractivity contribution in [3.05, 3.63) is 46.7 Å². The second-order valence-corrected chi connectivity index (χ2v) is 5.12. The van der Waals surface area contributed by atoms with Gasteiger partial charge in [-0.25, -0.2) is 13.5 Å². The van der Waals surface area contributed by atoms with Crippen molar-refractivity contribution in [3.63, 3.8) is 0 Å². The van der Waals surface area contributed by atoms with Crippen LogP contribution in [0.4, 0.5) is 14.6 Å². The molecule has 0 fully saturated rings. The smallest absolute Gasteiger partial charge is 0.128 e. The molecule has 5 heteroatoms. The number of hydrogen-bond acceptors (Lipinski definition) is 2. The van der Waals surface area contributed by atoms with Crippen LogP contribution in [0.15, 0.2) is 18.2 Å². The summed E-state index contributed by atoms with van der Waals surface area (Å²) in [5.41, 5.74) is 2.46. The summed E-state index contributed by atoms with van der Waals surface area (Å²) in [6.07, 6.45) is 1.52. The predicted molar refractivity (Wildman–Crippen MR) is 73.9 cm³/mol. The van der Waals surface area contributed by atoms with E-state index in [0.29, 0.717) is 12.0 Å². The van der Waals surface area contributed by atoms with Gasteiger partial charge in [0.05, 0.1) is 11.7 Å². The zero-order valence-corrected chi connectivity index (χ0v) is 11.6. The van der Waals surface area contributed by atoms with Crippen molar-refractivity contribution in [2.24, 2.45) is 0 Å². The molecule has 2 heterocycles. The number of hydrogen-bond donors (Lipinski definition) is 1. The van der Waals surface area contributed by atoms with Crippen LogP contribution in [0.1, 0.15) is 36.2 Å². The van der Waals surface area contributed by atoms with Crippen LogP contribution in [0.5, 0.6) is 0 Å². The molecule has 1 N–H and O–H groups in total. The van der Waals surface area contributed by atoms with Crippen LogP contribution in [-0.2, 0) is 6.42 Å². The van der Waals surface area contributed by atoms with E-state index in [2.05, 4.69) is 10.4 Å². The largest absolute Gasteiger partial charge is 0.370 e. The molecule has 1 unspecified atom stereocenters. The molecular weight excluding hydrogens is 260 g/mol. The third kappa shape index (κ3) is 1.97. The van der Waals surface area contributed by atoms with Gasteiger partial charge in [0.1, 0.15) is 17.5 Å². The molecule has 0 bridgehead atoms. The van der Waals surface area contributed by atoms with Crippen molar-refractivity contribution >= 4 is 5.82 Å². The predicted octanol–water partition coefficient (Wildman–Crippen LogP) is 3.44. The number of halogens is 2. The summed E-state index contributed by atoms with van der Waals surface area (Å²) >= 11 is 0. The number of anilines is 1. The number of fused-ring (bicyclic) bond motifs is 1. The average Bonchev–Trinajstić information content (AvgIpc) is 2.78. The zero-order valence-electron chi connectivity index (χ0n) is 11.6. The van der Waals surface area contributed by atoms with Crippen LogP contribution in [0.2, 0.25) is 0 Å². The first-order valence-corrected chi connectivity index (χ1v) is 6.88. The molecule has 0 spiro atoms. The minimum atomic E-state index is -0.416. The van der Waals surface area contributed by atoms with Gasteiger partial charge in [0, 0.05) is 17.7 Å². The van der Waals surface area contributed by atoms with Gasteiger partial charge in [0.2, 0.25) is 0 Å². The minimum Gasteiger partial charge on any atom is -0.370 e. The molecule has 3 nitrogen and oxygen atoms in total. The zero-order chi connectivity index (χ0) is 14.3. The molecule has 1 aromatic heterocycles. The number of aromatic nitrogens is 2. The van der Waals surface area contributed by atoms with E-state index < -0.39 is 5.82 Å². The Morgan fingerprint density at radius 1 is 1.40 bits per heavy atom. The molecule has 0 saturated carbocycles. The van der Waals surface area contributed by atoms with Gasteiger partial charge in [-0.2, -0.15) is 5.10 Å². The van der Waals surface area contributed by atoms with Gasteiger partial charge in [0.25, 0.3) is 0 Å². The Bertz CT molecular complexity index is 649. The van der Waals surface area contributed by atoms with Gasteiger partial charge in [0.15, 0.2) is 0 Å². The van der Waals surface area contributed by atoms with Crippen molar-refractivity contribution < 1.29 is 8.78 Å². The lowest BCUT2D eigenvalue weighted by atomic mass is 10.0. The molecule has 0 saturated heterocycles. The van der Waals surface area contributed by atoms with Gasteiger partial charge < -0.3 is 5.32 Å². The molecule has 106 valence electrons. The van der Waals surface area contributed by atoms with Crippen LogP contribution in [0, 0.1) is 18.6 Å². The third-order valence-corrected chi connectivity index (χ3v) is 3.90. The van der Waals surface area contributed by atoms with Gasteiger partial charge in [-0.05, 0) is 38.0 Å². The lowest BCUT2D eigenvalue weighted by Crippen LogP contribution is -2.25. The molecular formula is C15H17F2N3. The number of rotatable bonds is 2. The molecule has 1 aliphatic heterocycles. The standard InChI is InChI=1S/C15H17F2N3/c1-3-13-9(2)15-18-7-6-14(20(15)19-13)11-8-10(16)4-5-12(11)17/h4-5,8,14,18H,3,6-7H2,1-2H3. The number of aryl methyl sites for hydroxylation is 1. The summed E-state index contributed by atoms with van der Waals surface area (Å²) in [6, 6.07) is 3.36. The van der Waals surface area contributed by atoms with Gasteiger partial charge >= 0.3 is 0 Å². The molecule has 1 atom stereocenters. The fourth-order valence-electron chi connectivity index (χ4n) is 2.85. The topological polar surface area (TPSA) is 29.9 Å². The van der Waals surface area contributed by atoms with Crippen molar-refractivity contribution in [1.29, 1.82) is 0 Å². The summed E-state index contributed by atoms with van der Waals surface area (Å²) in [7, 11) is 0. The summed E-state index contributed by atoms with van der Waals surface area (Å²) in [4.78, 5) is 0. The molecule has 3 rings (SSSR count). The van der Waals surface area contributed by atoms with E-state index in [-0.39, 0.29) is 11.9 Å². The molecule has 20 heavy (non-hydrogen) atoms. The highest BCUT2D eigenvalue weighted by molar-refractivity contribution is 5.49. The minimum absolute atomic E-state index is 0.249. The highest BCUT2D eigenvalue weighted by atomic mass is 19.1. The third-order valence-electron chi connectivity index (χ3n) is 3.90. The quantitative estimate of drug-likeness (QED) is 0.911. The van der Waals surface area contributed by atoms with Crippen LogP contribution in [-0.4, -0.2) is 16.3 Å². The fourth-order valence-corrected chi connectivity index (χ4v) is 2.85. The van der Waals surface area contributed by atoms with Crippen molar-refractivity contribution in [3.8, 4) is 0 Å². The van der Waals surface area contributed by atoms with E-state index in [0.717, 1.165) is 36.1 Å². The Morgan fingerprint density at radius 2 is 2.20 bits per heavy atom. The molecule has 0 aliphatic carbocycles. The first kappa shape index (κ1) is 13.1. The van der Waals surface area contributed by atoms with E-state index in [1.165, 1.54) is 12.1 Å². The molecule has 2 aromatic rings. The highest BCUT2D eigenvalue weighted by Crippen LogP contribution is 2.34. The molecule has 1 aromatic carbocycles. The Morgan fingerprint density at radius 3 is 2.95 bits per heavy atom. The lowest BCUT2D eigenvalue weighted by Gasteiger charge is -2.26. The first-order chi connectivity index (χ1) is 9.61. The normalized spacial score (nSPS) is 17.7. The van der Waals surface area contributed by atoms with Crippen molar-refractivity contribution in [2.75, 3.05) is 11.9 Å². The summed E-state index contributed by atoms with van der Waals surface area (Å²) in [6.45, 7) is 4.78. The maximum absolute atomic E-state index is 14.0. The van der Waals surface area contributed by atoms with E-state index in [9.17, 15) is 8.78 Å². The Balaban J connectivity index is 2.12. The van der Waals surface area contributed by atoms with Crippen LogP contribution in [0.3, 0.4) is 0 Å². The van der Waals surface area contributed by atoms with Crippen molar-refractivity contribution in [2.45, 2.75) is 32.7 Å². The van der Waals surface area contributed by atoms with Crippen LogP contribution >= 0.6 is 0 Å². The Kier molecular flexibility index (Phi) is 3.20. The maximum atomic E-state index is 14.0.